The monoisotopic (exact) mass is 400 g/mol. The number of esters is 1. The maximum atomic E-state index is 12.7. The first-order valence-corrected chi connectivity index (χ1v) is 9.13. The van der Waals surface area contributed by atoms with Crippen molar-refractivity contribution in [2.75, 3.05) is 21.0 Å². The minimum Gasteiger partial charge on any atom is -0.497 e. The molecule has 0 bridgehead atoms. The van der Waals surface area contributed by atoms with E-state index in [0.717, 1.165) is 4.70 Å². The van der Waals surface area contributed by atoms with Crippen LogP contribution < -0.4 is 19.0 Å². The van der Waals surface area contributed by atoms with E-state index in [1.807, 2.05) is 6.07 Å². The topological polar surface area (TPSA) is 88.4 Å². The van der Waals surface area contributed by atoms with Gasteiger partial charge in [-0.25, -0.2) is 0 Å². The zero-order chi connectivity index (χ0) is 19.7. The maximum absolute atomic E-state index is 12.7. The van der Waals surface area contributed by atoms with E-state index in [4.69, 9.17) is 18.9 Å². The van der Waals surface area contributed by atoms with E-state index in [2.05, 4.69) is 4.99 Å². The predicted octanol–water partition coefficient (Wildman–Crippen LogP) is 2.35. The van der Waals surface area contributed by atoms with Crippen molar-refractivity contribution in [3.63, 3.8) is 0 Å². The fraction of sp³-hybridized carbons (Fsp3) is 0.211. The van der Waals surface area contributed by atoms with Gasteiger partial charge in [-0.3, -0.25) is 9.59 Å². The van der Waals surface area contributed by atoms with Gasteiger partial charge in [-0.2, -0.15) is 4.99 Å². The van der Waals surface area contributed by atoms with E-state index in [0.29, 0.717) is 33.1 Å². The van der Waals surface area contributed by atoms with E-state index in [-0.39, 0.29) is 13.3 Å². The molecule has 0 atom stereocenters. The molecule has 4 rings (SSSR count). The second-order valence-electron chi connectivity index (χ2n) is 5.87. The predicted molar refractivity (Wildman–Crippen MR) is 101 cm³/mol. The van der Waals surface area contributed by atoms with Gasteiger partial charge in [0.2, 0.25) is 6.79 Å². The fourth-order valence-electron chi connectivity index (χ4n) is 2.80. The maximum Gasteiger partial charge on any atom is 0.325 e. The Bertz CT molecular complexity index is 1150. The van der Waals surface area contributed by atoms with Crippen LogP contribution in [0.2, 0.25) is 0 Å². The number of aromatic nitrogens is 1. The molecule has 0 N–H and O–H groups in total. The van der Waals surface area contributed by atoms with Crippen LogP contribution in [0.15, 0.2) is 41.4 Å². The fourth-order valence-corrected chi connectivity index (χ4v) is 3.84. The molecule has 1 aliphatic rings. The number of carbonyl (C=O) groups is 2. The summed E-state index contributed by atoms with van der Waals surface area (Å²) in [5.41, 5.74) is 1.09. The molecule has 1 aromatic heterocycles. The van der Waals surface area contributed by atoms with Crippen LogP contribution >= 0.6 is 11.3 Å². The highest BCUT2D eigenvalue weighted by atomic mass is 32.1. The van der Waals surface area contributed by atoms with Crippen LogP contribution in [0.4, 0.5) is 0 Å². The van der Waals surface area contributed by atoms with Crippen molar-refractivity contribution >= 4 is 33.4 Å². The van der Waals surface area contributed by atoms with Crippen molar-refractivity contribution in [2.24, 2.45) is 4.99 Å². The van der Waals surface area contributed by atoms with Crippen LogP contribution in [0.3, 0.4) is 0 Å². The third kappa shape index (κ3) is 3.31. The number of hydrogen-bond donors (Lipinski definition) is 0. The lowest BCUT2D eigenvalue weighted by Crippen LogP contribution is -2.22. The van der Waals surface area contributed by atoms with Gasteiger partial charge in [0.05, 0.1) is 24.4 Å². The number of amides is 1. The van der Waals surface area contributed by atoms with E-state index < -0.39 is 11.9 Å². The lowest BCUT2D eigenvalue weighted by atomic mass is 10.2. The van der Waals surface area contributed by atoms with Crippen molar-refractivity contribution in [3.8, 4) is 17.2 Å². The van der Waals surface area contributed by atoms with Crippen LogP contribution in [0.5, 0.6) is 17.2 Å². The molecule has 0 saturated heterocycles. The Balaban J connectivity index is 1.84. The Kier molecular flexibility index (Phi) is 4.74. The van der Waals surface area contributed by atoms with E-state index in [9.17, 15) is 9.59 Å². The summed E-state index contributed by atoms with van der Waals surface area (Å²) < 4.78 is 23.2. The van der Waals surface area contributed by atoms with Gasteiger partial charge in [0.15, 0.2) is 16.3 Å². The number of rotatable bonds is 4. The van der Waals surface area contributed by atoms with Crippen molar-refractivity contribution in [1.82, 2.24) is 4.57 Å². The number of thiazole rings is 1. The molecule has 2 aromatic carbocycles. The van der Waals surface area contributed by atoms with Gasteiger partial charge < -0.3 is 23.5 Å². The number of methoxy groups -OCH3 is 2. The summed E-state index contributed by atoms with van der Waals surface area (Å²) in [6.07, 6.45) is 0. The average Bonchev–Trinajstić information content (AvgIpc) is 3.30. The van der Waals surface area contributed by atoms with Gasteiger partial charge in [-0.05, 0) is 18.2 Å². The van der Waals surface area contributed by atoms with Gasteiger partial charge in [-0.15, -0.1) is 0 Å². The Morgan fingerprint density at radius 2 is 1.96 bits per heavy atom. The van der Waals surface area contributed by atoms with Gasteiger partial charge in [0.25, 0.3) is 5.91 Å². The smallest absolute Gasteiger partial charge is 0.325 e. The van der Waals surface area contributed by atoms with Crippen LogP contribution in [0, 0.1) is 0 Å². The number of benzene rings is 2. The molecule has 0 radical (unpaired) electrons. The van der Waals surface area contributed by atoms with Crippen molar-refractivity contribution in [3.05, 3.63) is 46.8 Å². The zero-order valence-corrected chi connectivity index (χ0v) is 15.9. The molecule has 0 aliphatic carbocycles. The van der Waals surface area contributed by atoms with E-state index in [1.165, 1.54) is 25.6 Å². The highest BCUT2D eigenvalue weighted by Gasteiger charge is 2.19. The van der Waals surface area contributed by atoms with Crippen LogP contribution in [-0.2, 0) is 16.1 Å². The first kappa shape index (κ1) is 18.1. The molecule has 0 fully saturated rings. The highest BCUT2D eigenvalue weighted by Crippen LogP contribution is 2.37. The largest absolute Gasteiger partial charge is 0.497 e. The summed E-state index contributed by atoms with van der Waals surface area (Å²) >= 11 is 1.28. The SMILES string of the molecule is COC(=O)Cn1c(=NC(=O)c2cccc(OC)c2)sc2cc3c(cc21)OCO3. The number of fused-ring (bicyclic) bond motifs is 2. The van der Waals surface area contributed by atoms with Crippen molar-refractivity contribution < 1.29 is 28.5 Å². The molecular formula is C19H16N2O6S. The molecule has 1 aliphatic heterocycles. The van der Waals surface area contributed by atoms with Crippen LogP contribution in [-0.4, -0.2) is 37.5 Å². The molecular weight excluding hydrogens is 384 g/mol. The summed E-state index contributed by atoms with van der Waals surface area (Å²) in [7, 11) is 2.84. The summed E-state index contributed by atoms with van der Waals surface area (Å²) in [6.45, 7) is 0.0650. The number of nitrogens with zero attached hydrogens (tertiary/aromatic N) is 2. The van der Waals surface area contributed by atoms with Crippen molar-refractivity contribution in [2.45, 2.75) is 6.54 Å². The zero-order valence-electron chi connectivity index (χ0n) is 15.1. The molecule has 8 nitrogen and oxygen atoms in total. The summed E-state index contributed by atoms with van der Waals surface area (Å²) in [5.74, 6) is 0.863. The average molecular weight is 400 g/mol. The third-order valence-electron chi connectivity index (χ3n) is 4.21. The molecule has 28 heavy (non-hydrogen) atoms. The Labute approximate surface area is 163 Å². The normalized spacial score (nSPS) is 13.0. The second-order valence-corrected chi connectivity index (χ2v) is 6.88. The lowest BCUT2D eigenvalue weighted by Gasteiger charge is -2.04. The Hall–Kier alpha value is -3.33. The number of ether oxygens (including phenoxy) is 4. The molecule has 2 heterocycles. The number of hydrogen-bond acceptors (Lipinski definition) is 7. The molecule has 1 amide bonds. The molecule has 0 spiro atoms. The van der Waals surface area contributed by atoms with E-state index in [1.54, 1.807) is 34.9 Å². The van der Waals surface area contributed by atoms with Crippen molar-refractivity contribution in [1.29, 1.82) is 0 Å². The van der Waals surface area contributed by atoms with Crippen LogP contribution in [0.1, 0.15) is 10.4 Å². The molecule has 9 heteroatoms. The van der Waals surface area contributed by atoms with Gasteiger partial charge in [0.1, 0.15) is 12.3 Å². The van der Waals surface area contributed by atoms with Crippen LogP contribution in [0.25, 0.3) is 10.2 Å². The first-order chi connectivity index (χ1) is 13.6. The summed E-state index contributed by atoms with van der Waals surface area (Å²) in [6, 6.07) is 10.3. The molecule has 0 unspecified atom stereocenters. The van der Waals surface area contributed by atoms with Gasteiger partial charge in [-0.1, -0.05) is 17.4 Å². The second kappa shape index (κ2) is 7.35. The standard InChI is InChI=1S/C19H16N2O6S/c1-24-12-5-3-4-11(6-12)18(23)20-19-21(9-17(22)25-2)13-7-14-15(27-10-26-14)8-16(13)28-19/h3-8H,9-10H2,1-2H3. The minimum atomic E-state index is -0.451. The molecule has 3 aromatic rings. The van der Waals surface area contributed by atoms with Gasteiger partial charge >= 0.3 is 5.97 Å². The quantitative estimate of drug-likeness (QED) is 0.625. The molecule has 144 valence electrons. The Morgan fingerprint density at radius 3 is 2.71 bits per heavy atom. The third-order valence-corrected chi connectivity index (χ3v) is 5.25. The Morgan fingerprint density at radius 1 is 1.18 bits per heavy atom. The first-order valence-electron chi connectivity index (χ1n) is 8.32. The summed E-state index contributed by atoms with van der Waals surface area (Å²) in [4.78, 5) is 29.2. The molecule has 0 saturated carbocycles. The minimum absolute atomic E-state index is 0.0830. The summed E-state index contributed by atoms with van der Waals surface area (Å²) in [5, 5.41) is 0. The van der Waals surface area contributed by atoms with Gasteiger partial charge in [0, 0.05) is 17.7 Å². The number of carbonyl (C=O) groups excluding carboxylic acids is 2. The lowest BCUT2D eigenvalue weighted by molar-refractivity contribution is -0.141. The highest BCUT2D eigenvalue weighted by molar-refractivity contribution is 7.16. The van der Waals surface area contributed by atoms with E-state index >= 15 is 0 Å².